The van der Waals surface area contributed by atoms with Crippen LogP contribution in [0.25, 0.3) is 0 Å². The largest absolute Gasteiger partial charge is 0.494 e. The molecule has 1 amide bonds. The van der Waals surface area contributed by atoms with Gasteiger partial charge in [-0.1, -0.05) is 17.3 Å². The Hall–Kier alpha value is -2.74. The van der Waals surface area contributed by atoms with Gasteiger partial charge in [0.25, 0.3) is 0 Å². The molecule has 0 saturated carbocycles. The number of aromatic nitrogens is 3. The molecule has 1 fully saturated rings. The standard InChI is InChI=1S/C19H20N4O3S/c1-2-25-15-7-5-14(6-8-15)10-22-12-17(20-21-22)19-23(18(24)13-27-19)11-16-4-3-9-26-16/h3-9,12,19H,2,10-11,13H2,1H3. The molecule has 140 valence electrons. The number of rotatable bonds is 7. The first kappa shape index (κ1) is 17.7. The highest BCUT2D eigenvalue weighted by molar-refractivity contribution is 8.00. The molecule has 0 radical (unpaired) electrons. The van der Waals surface area contributed by atoms with Crippen molar-refractivity contribution in [3.8, 4) is 5.75 Å². The lowest BCUT2D eigenvalue weighted by Crippen LogP contribution is -2.27. The van der Waals surface area contributed by atoms with E-state index in [4.69, 9.17) is 9.15 Å². The highest BCUT2D eigenvalue weighted by Crippen LogP contribution is 2.38. The molecule has 1 aliphatic heterocycles. The minimum absolute atomic E-state index is 0.0856. The van der Waals surface area contributed by atoms with Crippen molar-refractivity contribution in [3.05, 3.63) is 65.9 Å². The van der Waals surface area contributed by atoms with E-state index >= 15 is 0 Å². The van der Waals surface area contributed by atoms with Crippen LogP contribution in [0.3, 0.4) is 0 Å². The van der Waals surface area contributed by atoms with Crippen molar-refractivity contribution in [2.24, 2.45) is 0 Å². The van der Waals surface area contributed by atoms with Gasteiger partial charge in [-0.05, 0) is 36.8 Å². The summed E-state index contributed by atoms with van der Waals surface area (Å²) in [5.74, 6) is 2.15. The van der Waals surface area contributed by atoms with E-state index < -0.39 is 0 Å². The lowest BCUT2D eigenvalue weighted by atomic mass is 10.2. The van der Waals surface area contributed by atoms with Crippen LogP contribution in [0, 0.1) is 0 Å². The van der Waals surface area contributed by atoms with Crippen molar-refractivity contribution in [1.29, 1.82) is 0 Å². The highest BCUT2D eigenvalue weighted by Gasteiger charge is 2.35. The molecule has 0 N–H and O–H groups in total. The summed E-state index contributed by atoms with van der Waals surface area (Å²) < 4.78 is 12.6. The fourth-order valence-corrected chi connectivity index (χ4v) is 4.11. The summed E-state index contributed by atoms with van der Waals surface area (Å²) in [4.78, 5) is 14.1. The van der Waals surface area contributed by atoms with Gasteiger partial charge in [-0.3, -0.25) is 4.79 Å². The minimum Gasteiger partial charge on any atom is -0.494 e. The molecule has 2 aromatic heterocycles. The van der Waals surface area contributed by atoms with Crippen LogP contribution in [-0.4, -0.2) is 38.2 Å². The smallest absolute Gasteiger partial charge is 0.234 e. The SMILES string of the molecule is CCOc1ccc(Cn2cc(C3SCC(=O)N3Cc3ccco3)nn2)cc1. The summed E-state index contributed by atoms with van der Waals surface area (Å²) in [6, 6.07) is 11.6. The van der Waals surface area contributed by atoms with Crippen LogP contribution in [0.4, 0.5) is 0 Å². The van der Waals surface area contributed by atoms with E-state index in [9.17, 15) is 4.79 Å². The van der Waals surface area contributed by atoms with Gasteiger partial charge in [0.1, 0.15) is 22.6 Å². The molecular weight excluding hydrogens is 364 g/mol. The average molecular weight is 384 g/mol. The van der Waals surface area contributed by atoms with Gasteiger partial charge in [-0.25, -0.2) is 4.68 Å². The lowest BCUT2D eigenvalue weighted by Gasteiger charge is -2.20. The summed E-state index contributed by atoms with van der Waals surface area (Å²) in [6.07, 6.45) is 3.52. The molecule has 1 aromatic carbocycles. The first-order chi connectivity index (χ1) is 13.2. The Labute approximate surface area is 161 Å². The van der Waals surface area contributed by atoms with Gasteiger partial charge < -0.3 is 14.1 Å². The molecule has 1 saturated heterocycles. The summed E-state index contributed by atoms with van der Waals surface area (Å²) in [6.45, 7) is 3.67. The molecule has 7 nitrogen and oxygen atoms in total. The Morgan fingerprint density at radius 2 is 2.11 bits per heavy atom. The Bertz CT molecular complexity index is 892. The molecule has 27 heavy (non-hydrogen) atoms. The van der Waals surface area contributed by atoms with Crippen molar-refractivity contribution in [2.75, 3.05) is 12.4 Å². The second-order valence-electron chi connectivity index (χ2n) is 6.18. The molecule has 8 heteroatoms. The number of carbonyl (C=O) groups is 1. The van der Waals surface area contributed by atoms with Gasteiger partial charge in [0.15, 0.2) is 0 Å². The van der Waals surface area contributed by atoms with Gasteiger partial charge in [0.2, 0.25) is 5.91 Å². The number of carbonyl (C=O) groups excluding carboxylic acids is 1. The van der Waals surface area contributed by atoms with Crippen molar-refractivity contribution >= 4 is 17.7 Å². The predicted molar refractivity (Wildman–Crippen MR) is 101 cm³/mol. The second kappa shape index (κ2) is 7.87. The van der Waals surface area contributed by atoms with Crippen LogP contribution in [0.1, 0.15) is 29.3 Å². The van der Waals surface area contributed by atoms with Crippen LogP contribution < -0.4 is 4.74 Å². The molecule has 1 unspecified atom stereocenters. The maximum atomic E-state index is 12.3. The quantitative estimate of drug-likeness (QED) is 0.623. The molecular formula is C19H20N4O3S. The number of benzene rings is 1. The zero-order valence-corrected chi connectivity index (χ0v) is 15.8. The highest BCUT2D eigenvalue weighted by atomic mass is 32.2. The first-order valence-corrected chi connectivity index (χ1v) is 9.83. The van der Waals surface area contributed by atoms with Crippen molar-refractivity contribution in [1.82, 2.24) is 19.9 Å². The maximum absolute atomic E-state index is 12.3. The number of hydrogen-bond acceptors (Lipinski definition) is 6. The molecule has 1 atom stereocenters. The number of hydrogen-bond donors (Lipinski definition) is 0. The van der Waals surface area contributed by atoms with Gasteiger partial charge in [-0.15, -0.1) is 16.9 Å². The fourth-order valence-electron chi connectivity index (χ4n) is 2.99. The molecule has 0 aliphatic carbocycles. The van der Waals surface area contributed by atoms with Crippen molar-refractivity contribution < 1.29 is 13.9 Å². The molecule has 3 aromatic rings. The third-order valence-electron chi connectivity index (χ3n) is 4.26. The number of amides is 1. The second-order valence-corrected chi connectivity index (χ2v) is 7.25. The monoisotopic (exact) mass is 384 g/mol. The lowest BCUT2D eigenvalue weighted by molar-refractivity contribution is -0.128. The van der Waals surface area contributed by atoms with Gasteiger partial charge in [0, 0.05) is 0 Å². The Morgan fingerprint density at radius 3 is 2.85 bits per heavy atom. The van der Waals surface area contributed by atoms with Gasteiger partial charge in [-0.2, -0.15) is 0 Å². The molecule has 3 heterocycles. The van der Waals surface area contributed by atoms with E-state index in [-0.39, 0.29) is 11.3 Å². The van der Waals surface area contributed by atoms with Crippen LogP contribution in [0.5, 0.6) is 5.75 Å². The Morgan fingerprint density at radius 1 is 1.26 bits per heavy atom. The number of nitrogens with zero attached hydrogens (tertiary/aromatic N) is 4. The van der Waals surface area contributed by atoms with E-state index in [2.05, 4.69) is 10.3 Å². The zero-order valence-electron chi connectivity index (χ0n) is 14.9. The topological polar surface area (TPSA) is 73.4 Å². The van der Waals surface area contributed by atoms with Crippen molar-refractivity contribution in [2.45, 2.75) is 25.4 Å². The van der Waals surface area contributed by atoms with Crippen LogP contribution >= 0.6 is 11.8 Å². The molecule has 0 bridgehead atoms. The van der Waals surface area contributed by atoms with Crippen molar-refractivity contribution in [3.63, 3.8) is 0 Å². The van der Waals surface area contributed by atoms with Gasteiger partial charge in [0.05, 0.1) is 37.9 Å². The number of ether oxygens (including phenoxy) is 1. The summed E-state index contributed by atoms with van der Waals surface area (Å²) >= 11 is 1.56. The Kier molecular flexibility index (Phi) is 5.15. The van der Waals surface area contributed by atoms with Crippen LogP contribution in [-0.2, 0) is 17.9 Å². The van der Waals surface area contributed by atoms with E-state index in [1.165, 1.54) is 0 Å². The van der Waals surface area contributed by atoms with Gasteiger partial charge >= 0.3 is 0 Å². The predicted octanol–water partition coefficient (Wildman–Crippen LogP) is 3.09. The minimum atomic E-state index is -0.142. The maximum Gasteiger partial charge on any atom is 0.234 e. The summed E-state index contributed by atoms with van der Waals surface area (Å²) in [5, 5.41) is 8.39. The molecule has 0 spiro atoms. The summed E-state index contributed by atoms with van der Waals surface area (Å²) in [7, 11) is 0. The van der Waals surface area contributed by atoms with E-state index in [0.717, 1.165) is 22.8 Å². The fraction of sp³-hybridized carbons (Fsp3) is 0.316. The van der Waals surface area contributed by atoms with E-state index in [0.29, 0.717) is 25.4 Å². The normalized spacial score (nSPS) is 16.9. The number of furan rings is 1. The average Bonchev–Trinajstić information content (AvgIpc) is 3.41. The molecule has 1 aliphatic rings. The zero-order chi connectivity index (χ0) is 18.6. The molecule has 4 rings (SSSR count). The van der Waals surface area contributed by atoms with E-state index in [1.54, 1.807) is 27.6 Å². The van der Waals surface area contributed by atoms with Crippen LogP contribution in [0.2, 0.25) is 0 Å². The number of thioether (sulfide) groups is 1. The third-order valence-corrected chi connectivity index (χ3v) is 5.49. The Balaban J connectivity index is 1.45. The first-order valence-electron chi connectivity index (χ1n) is 8.78. The summed E-state index contributed by atoms with van der Waals surface area (Å²) in [5.41, 5.74) is 1.89. The van der Waals surface area contributed by atoms with Crippen LogP contribution in [0.15, 0.2) is 53.3 Å². The third kappa shape index (κ3) is 4.00. The van der Waals surface area contributed by atoms with E-state index in [1.807, 2.05) is 49.5 Å².